The number of unbranched alkanes of at least 4 members (excludes halogenated alkanes) is 16. The molecule has 0 bridgehead atoms. The average molecular weight is 1040 g/mol. The van der Waals surface area contributed by atoms with Crippen LogP contribution in [-0.4, -0.2) is 140 Å². The predicted molar refractivity (Wildman–Crippen MR) is 295 cm³/mol. The van der Waals surface area contributed by atoms with E-state index < -0.39 is 86.8 Å². The molecule has 0 aliphatic carbocycles. The van der Waals surface area contributed by atoms with Crippen LogP contribution in [0.1, 0.15) is 181 Å². The van der Waals surface area contributed by atoms with Crippen molar-refractivity contribution in [2.75, 3.05) is 19.8 Å². The summed E-state index contributed by atoms with van der Waals surface area (Å²) in [5, 5.41) is 87.0. The van der Waals surface area contributed by atoms with Crippen molar-refractivity contribution in [1.82, 2.24) is 5.32 Å². The fourth-order valence-electron chi connectivity index (χ4n) is 8.64. The fourth-order valence-corrected chi connectivity index (χ4v) is 8.64. The molecule has 9 N–H and O–H groups in total. The van der Waals surface area contributed by atoms with E-state index in [0.29, 0.717) is 12.8 Å². The van der Waals surface area contributed by atoms with Gasteiger partial charge < -0.3 is 65.1 Å². The highest BCUT2D eigenvalue weighted by Crippen LogP contribution is 2.30. The molecule has 0 saturated carbocycles. The van der Waals surface area contributed by atoms with Crippen molar-refractivity contribution in [3.63, 3.8) is 0 Å². The first-order valence-corrected chi connectivity index (χ1v) is 28.5. The normalized spacial score (nSPS) is 26.0. The summed E-state index contributed by atoms with van der Waals surface area (Å²) < 4.78 is 22.7. The van der Waals surface area contributed by atoms with Crippen LogP contribution in [0, 0.1) is 0 Å². The van der Waals surface area contributed by atoms with Crippen LogP contribution in [-0.2, 0) is 23.7 Å². The Hall–Kier alpha value is -3.09. The lowest BCUT2D eigenvalue weighted by Gasteiger charge is -2.46. The zero-order valence-electron chi connectivity index (χ0n) is 45.3. The molecule has 14 heteroatoms. The van der Waals surface area contributed by atoms with Crippen LogP contribution in [0.25, 0.3) is 0 Å². The molecule has 0 aromatic carbocycles. The number of aliphatic hydroxyl groups is 8. The third-order valence-corrected chi connectivity index (χ3v) is 13.2. The minimum atomic E-state index is -1.80. The maximum absolute atomic E-state index is 13.2. The fraction of sp³-hybridized carbons (Fsp3) is 0.717. The molecule has 0 aromatic rings. The van der Waals surface area contributed by atoms with E-state index in [1.54, 1.807) is 6.08 Å². The van der Waals surface area contributed by atoms with Crippen molar-refractivity contribution in [1.29, 1.82) is 0 Å². The second-order valence-corrected chi connectivity index (χ2v) is 19.7. The van der Waals surface area contributed by atoms with Crippen LogP contribution in [0.5, 0.6) is 0 Å². The van der Waals surface area contributed by atoms with Crippen LogP contribution >= 0.6 is 0 Å². The van der Waals surface area contributed by atoms with Crippen LogP contribution in [0.4, 0.5) is 0 Å². The Bertz CT molecular complexity index is 1610. The smallest absolute Gasteiger partial charge is 0.220 e. The molecular weight excluding hydrogens is 943 g/mol. The van der Waals surface area contributed by atoms with Gasteiger partial charge in [-0.2, -0.15) is 0 Å². The molecule has 2 saturated heterocycles. The second-order valence-electron chi connectivity index (χ2n) is 19.7. The van der Waals surface area contributed by atoms with Gasteiger partial charge in [-0.15, -0.1) is 0 Å². The van der Waals surface area contributed by atoms with E-state index in [1.807, 2.05) is 6.08 Å². The lowest BCUT2D eigenvalue weighted by Crippen LogP contribution is -2.65. The van der Waals surface area contributed by atoms with Crippen LogP contribution < -0.4 is 5.32 Å². The number of hydrogen-bond donors (Lipinski definition) is 9. The first-order valence-electron chi connectivity index (χ1n) is 28.5. The number of hydrogen-bond acceptors (Lipinski definition) is 13. The lowest BCUT2D eigenvalue weighted by molar-refractivity contribution is -0.359. The number of allylic oxidation sites excluding steroid dienone is 15. The number of carbonyl (C=O) groups excluding carboxylic acids is 1. The molecule has 2 fully saturated rings. The molecule has 424 valence electrons. The van der Waals surface area contributed by atoms with E-state index in [2.05, 4.69) is 104 Å². The van der Waals surface area contributed by atoms with Gasteiger partial charge in [-0.25, -0.2) is 0 Å². The van der Waals surface area contributed by atoms with Gasteiger partial charge in [0.2, 0.25) is 5.91 Å². The number of rotatable bonds is 43. The zero-order valence-corrected chi connectivity index (χ0v) is 45.3. The molecule has 14 nitrogen and oxygen atoms in total. The highest BCUT2D eigenvalue weighted by molar-refractivity contribution is 5.76. The number of carbonyl (C=O) groups is 1. The third-order valence-electron chi connectivity index (χ3n) is 13.2. The molecule has 2 aliphatic rings. The predicted octanol–water partition coefficient (Wildman–Crippen LogP) is 9.10. The number of amides is 1. The molecule has 2 heterocycles. The summed E-state index contributed by atoms with van der Waals surface area (Å²) in [7, 11) is 0. The summed E-state index contributed by atoms with van der Waals surface area (Å²) in [6, 6.07) is -0.962. The Balaban J connectivity index is 1.85. The Kier molecular flexibility index (Phi) is 40.7. The molecule has 12 unspecified atom stereocenters. The molecule has 0 spiro atoms. The Labute approximate surface area is 445 Å². The van der Waals surface area contributed by atoms with Gasteiger partial charge >= 0.3 is 0 Å². The molecule has 2 rings (SSSR count). The molecular formula is C60H101NO13. The molecule has 0 aromatic heterocycles. The largest absolute Gasteiger partial charge is 0.394 e. The van der Waals surface area contributed by atoms with E-state index in [1.165, 1.54) is 70.6 Å². The van der Waals surface area contributed by atoms with Gasteiger partial charge in [0.25, 0.3) is 0 Å². The zero-order chi connectivity index (χ0) is 53.9. The number of ether oxygens (including phenoxy) is 4. The summed E-state index contributed by atoms with van der Waals surface area (Å²) in [4.78, 5) is 13.2. The number of nitrogens with one attached hydrogen (secondary N) is 1. The van der Waals surface area contributed by atoms with Crippen LogP contribution in [0.2, 0.25) is 0 Å². The Morgan fingerprint density at radius 2 is 0.946 bits per heavy atom. The first kappa shape index (κ1) is 67.0. The summed E-state index contributed by atoms with van der Waals surface area (Å²) in [5.41, 5.74) is 0. The van der Waals surface area contributed by atoms with Gasteiger partial charge in [-0.3, -0.25) is 4.79 Å². The average Bonchev–Trinajstić information content (AvgIpc) is 3.40. The van der Waals surface area contributed by atoms with Crippen molar-refractivity contribution in [3.05, 3.63) is 97.2 Å². The van der Waals surface area contributed by atoms with Gasteiger partial charge in [-0.1, -0.05) is 182 Å². The van der Waals surface area contributed by atoms with Crippen molar-refractivity contribution < 1.29 is 64.6 Å². The van der Waals surface area contributed by atoms with Gasteiger partial charge in [-0.05, 0) is 89.9 Å². The maximum Gasteiger partial charge on any atom is 0.220 e. The van der Waals surface area contributed by atoms with E-state index in [0.717, 1.165) is 77.0 Å². The SMILES string of the molecule is CC/C=C\C/C=C\C/C=C\C/C=C\C/C=C\CCCCCC(=O)NC(COC1OC(CO)C(OC2OC(CO)C(O)C(O)C2O)C(O)C1O)C(O)/C=C/CC/C=C/CC/C=C/CCCCCCCCCCCCC. The van der Waals surface area contributed by atoms with Crippen molar-refractivity contribution in [2.24, 2.45) is 0 Å². The monoisotopic (exact) mass is 1040 g/mol. The molecule has 0 radical (unpaired) electrons. The van der Waals surface area contributed by atoms with Crippen molar-refractivity contribution in [2.45, 2.75) is 254 Å². The summed E-state index contributed by atoms with van der Waals surface area (Å²) in [5.74, 6) is -0.289. The standard InChI is InChI=1S/C60H101NO13/c1-3-5-7-9-11-13-15-17-19-21-23-24-26-27-29-31-33-35-37-39-41-43-49(64)48(61-52(65)44-42-40-38-36-34-32-30-28-25-22-20-18-16-14-12-10-8-6-4-2)47-71-59-57(70)55(68)58(51(46-63)73-59)74-60-56(69)54(67)53(66)50(45-62)72-60/h6,8,12,14,18,20,25-28,32-35,41,43,48-51,53-60,62-64,66-70H,3-5,7,9-11,13,15-17,19,21-24,29-31,36-40,42,44-47H2,1-2H3,(H,61,65)/b8-6-,14-12-,20-18-,27-26+,28-25-,34-32-,35-33+,43-41+. The van der Waals surface area contributed by atoms with Crippen LogP contribution in [0.15, 0.2) is 97.2 Å². The number of aliphatic hydroxyl groups excluding tert-OH is 8. The minimum absolute atomic E-state index is 0.225. The summed E-state index contributed by atoms with van der Waals surface area (Å²) in [6.07, 6.45) is 44.4. The highest BCUT2D eigenvalue weighted by Gasteiger charge is 2.51. The topological polar surface area (TPSA) is 228 Å². The Morgan fingerprint density at radius 3 is 1.49 bits per heavy atom. The third kappa shape index (κ3) is 30.6. The second kappa shape index (κ2) is 45.0. The lowest BCUT2D eigenvalue weighted by atomic mass is 9.97. The van der Waals surface area contributed by atoms with E-state index in [9.17, 15) is 45.6 Å². The van der Waals surface area contributed by atoms with Crippen molar-refractivity contribution in [3.8, 4) is 0 Å². The van der Waals surface area contributed by atoms with Gasteiger partial charge in [0.05, 0.1) is 32.0 Å². The van der Waals surface area contributed by atoms with E-state index >= 15 is 0 Å². The van der Waals surface area contributed by atoms with E-state index in [-0.39, 0.29) is 18.9 Å². The summed E-state index contributed by atoms with van der Waals surface area (Å²) in [6.45, 7) is 2.62. The van der Waals surface area contributed by atoms with E-state index in [4.69, 9.17) is 18.9 Å². The van der Waals surface area contributed by atoms with Gasteiger partial charge in [0, 0.05) is 6.42 Å². The molecule has 12 atom stereocenters. The van der Waals surface area contributed by atoms with Gasteiger partial charge in [0.1, 0.15) is 48.8 Å². The first-order chi connectivity index (χ1) is 36.1. The van der Waals surface area contributed by atoms with Gasteiger partial charge in [0.15, 0.2) is 12.6 Å². The highest BCUT2D eigenvalue weighted by atomic mass is 16.7. The minimum Gasteiger partial charge on any atom is -0.394 e. The summed E-state index contributed by atoms with van der Waals surface area (Å²) >= 11 is 0. The Morgan fingerprint density at radius 1 is 0.500 bits per heavy atom. The quantitative estimate of drug-likeness (QED) is 0.0205. The molecule has 2 aliphatic heterocycles. The van der Waals surface area contributed by atoms with Crippen molar-refractivity contribution >= 4 is 5.91 Å². The maximum atomic E-state index is 13.2. The molecule has 1 amide bonds. The molecule has 74 heavy (non-hydrogen) atoms. The van der Waals surface area contributed by atoms with Crippen LogP contribution in [0.3, 0.4) is 0 Å².